The predicted molar refractivity (Wildman–Crippen MR) is 119 cm³/mol. The lowest BCUT2D eigenvalue weighted by molar-refractivity contribution is -0.118. The Balaban J connectivity index is 1.43. The van der Waals surface area contributed by atoms with E-state index in [4.69, 9.17) is 9.47 Å². The second kappa shape index (κ2) is 11.5. The van der Waals surface area contributed by atoms with E-state index in [1.807, 2.05) is 49.4 Å². The lowest BCUT2D eigenvalue weighted by Gasteiger charge is -2.27. The lowest BCUT2D eigenvalue weighted by atomic mass is 10.2. The first-order chi connectivity index (χ1) is 14.6. The van der Waals surface area contributed by atoms with Gasteiger partial charge in [0.05, 0.1) is 7.11 Å². The molecule has 2 aromatic carbocycles. The van der Waals surface area contributed by atoms with Gasteiger partial charge in [-0.15, -0.1) is 0 Å². The van der Waals surface area contributed by atoms with Crippen molar-refractivity contribution in [3.63, 3.8) is 0 Å². The quantitative estimate of drug-likeness (QED) is 0.519. The normalized spacial score (nSPS) is 14.3. The highest BCUT2D eigenvalue weighted by atomic mass is 16.5. The monoisotopic (exact) mass is 412 g/mol. The number of aryl methyl sites for hydroxylation is 1. The summed E-state index contributed by atoms with van der Waals surface area (Å²) < 4.78 is 11.1. The van der Waals surface area contributed by atoms with Crippen LogP contribution in [0.1, 0.15) is 11.1 Å². The van der Waals surface area contributed by atoms with Crippen LogP contribution in [0.2, 0.25) is 0 Å². The fraction of sp³-hybridized carbons (Fsp3) is 0.435. The van der Waals surface area contributed by atoms with Gasteiger partial charge in [0.15, 0.2) is 18.1 Å². The molecule has 3 N–H and O–H groups in total. The lowest BCUT2D eigenvalue weighted by Crippen LogP contribution is -2.45. The number of amides is 1. The molecule has 0 radical (unpaired) electrons. The van der Waals surface area contributed by atoms with Crippen LogP contribution in [-0.2, 0) is 11.3 Å². The highest BCUT2D eigenvalue weighted by Gasteiger charge is 2.10. The van der Waals surface area contributed by atoms with Crippen molar-refractivity contribution in [3.05, 3.63) is 53.6 Å². The molecule has 162 valence electrons. The van der Waals surface area contributed by atoms with Crippen LogP contribution in [0.5, 0.6) is 11.5 Å². The van der Waals surface area contributed by atoms with Gasteiger partial charge in [0, 0.05) is 51.5 Å². The maximum Gasteiger partial charge on any atom is 0.262 e. The number of hydrogen-bond acceptors (Lipinski definition) is 6. The van der Waals surface area contributed by atoms with Crippen molar-refractivity contribution in [3.8, 4) is 11.5 Å². The maximum absolute atomic E-state index is 12.1. The molecule has 1 saturated heterocycles. The molecule has 1 heterocycles. The highest BCUT2D eigenvalue weighted by molar-refractivity contribution is 5.91. The van der Waals surface area contributed by atoms with Crippen LogP contribution in [0.25, 0.3) is 0 Å². The van der Waals surface area contributed by atoms with Gasteiger partial charge in [0.2, 0.25) is 0 Å². The number of piperazine rings is 1. The van der Waals surface area contributed by atoms with Gasteiger partial charge in [-0.3, -0.25) is 9.69 Å². The summed E-state index contributed by atoms with van der Waals surface area (Å²) in [5.41, 5.74) is 3.01. The van der Waals surface area contributed by atoms with E-state index in [1.54, 1.807) is 7.11 Å². The van der Waals surface area contributed by atoms with Crippen molar-refractivity contribution < 1.29 is 14.3 Å². The smallest absolute Gasteiger partial charge is 0.262 e. The van der Waals surface area contributed by atoms with Crippen LogP contribution >= 0.6 is 0 Å². The number of anilines is 1. The number of carbonyl (C=O) groups excluding carboxylic acids is 1. The third kappa shape index (κ3) is 7.02. The van der Waals surface area contributed by atoms with Gasteiger partial charge >= 0.3 is 0 Å². The fourth-order valence-corrected chi connectivity index (χ4v) is 3.32. The van der Waals surface area contributed by atoms with E-state index in [0.29, 0.717) is 11.5 Å². The zero-order valence-electron chi connectivity index (χ0n) is 17.9. The largest absolute Gasteiger partial charge is 0.493 e. The van der Waals surface area contributed by atoms with Gasteiger partial charge in [0.25, 0.3) is 5.91 Å². The van der Waals surface area contributed by atoms with Gasteiger partial charge in [-0.05, 0) is 36.8 Å². The van der Waals surface area contributed by atoms with Crippen LogP contribution in [0.3, 0.4) is 0 Å². The van der Waals surface area contributed by atoms with Gasteiger partial charge in [0.1, 0.15) is 0 Å². The van der Waals surface area contributed by atoms with Gasteiger partial charge < -0.3 is 25.4 Å². The van der Waals surface area contributed by atoms with E-state index in [9.17, 15) is 4.79 Å². The van der Waals surface area contributed by atoms with Gasteiger partial charge in [-0.25, -0.2) is 0 Å². The summed E-state index contributed by atoms with van der Waals surface area (Å²) in [4.78, 5) is 14.6. The third-order valence-corrected chi connectivity index (χ3v) is 5.07. The van der Waals surface area contributed by atoms with E-state index in [2.05, 4.69) is 20.9 Å². The van der Waals surface area contributed by atoms with E-state index in [1.165, 1.54) is 0 Å². The Bertz CT molecular complexity index is 805. The van der Waals surface area contributed by atoms with Gasteiger partial charge in [-0.1, -0.05) is 23.8 Å². The zero-order chi connectivity index (χ0) is 21.2. The average molecular weight is 413 g/mol. The van der Waals surface area contributed by atoms with Crippen LogP contribution in [0, 0.1) is 6.92 Å². The molecule has 0 aliphatic carbocycles. The molecule has 0 spiro atoms. The Morgan fingerprint density at radius 1 is 1.10 bits per heavy atom. The van der Waals surface area contributed by atoms with Crippen molar-refractivity contribution in [2.75, 3.05) is 58.3 Å². The van der Waals surface area contributed by atoms with E-state index < -0.39 is 0 Å². The van der Waals surface area contributed by atoms with Crippen molar-refractivity contribution in [1.82, 2.24) is 15.5 Å². The first kappa shape index (κ1) is 22.1. The molecule has 0 saturated carbocycles. The molecular formula is C23H32N4O3. The molecule has 7 heteroatoms. The number of nitrogens with zero attached hydrogens (tertiary/aromatic N) is 1. The molecule has 1 amide bonds. The number of carbonyl (C=O) groups is 1. The van der Waals surface area contributed by atoms with Crippen molar-refractivity contribution in [2.24, 2.45) is 0 Å². The van der Waals surface area contributed by atoms with Crippen LogP contribution in [0.4, 0.5) is 5.69 Å². The fourth-order valence-electron chi connectivity index (χ4n) is 3.32. The minimum absolute atomic E-state index is 0.0769. The molecule has 0 bridgehead atoms. The van der Waals surface area contributed by atoms with Crippen molar-refractivity contribution >= 4 is 11.6 Å². The van der Waals surface area contributed by atoms with Gasteiger partial charge in [-0.2, -0.15) is 0 Å². The summed E-state index contributed by atoms with van der Waals surface area (Å²) in [6.07, 6.45) is 0. The zero-order valence-corrected chi connectivity index (χ0v) is 17.9. The number of benzene rings is 2. The summed E-state index contributed by atoms with van der Waals surface area (Å²) in [7, 11) is 1.61. The molecule has 0 atom stereocenters. The molecule has 7 nitrogen and oxygen atoms in total. The Morgan fingerprint density at radius 3 is 2.60 bits per heavy atom. The Morgan fingerprint density at radius 2 is 1.87 bits per heavy atom. The van der Waals surface area contributed by atoms with E-state index in [-0.39, 0.29) is 12.5 Å². The standard InChI is InChI=1S/C23H32N4O3/c1-18-3-6-20(7-4-18)26-23(28)17-30-21-8-5-19(15-22(21)29-2)16-25-11-14-27-12-9-24-10-13-27/h3-8,15,24-25H,9-14,16-17H2,1-2H3,(H,26,28). The number of rotatable bonds is 10. The minimum Gasteiger partial charge on any atom is -0.493 e. The maximum atomic E-state index is 12.1. The molecule has 0 aromatic heterocycles. The average Bonchev–Trinajstić information content (AvgIpc) is 2.78. The first-order valence-corrected chi connectivity index (χ1v) is 10.4. The van der Waals surface area contributed by atoms with Crippen LogP contribution in [0.15, 0.2) is 42.5 Å². The molecule has 3 rings (SSSR count). The van der Waals surface area contributed by atoms with Crippen LogP contribution in [-0.4, -0.2) is 63.8 Å². The third-order valence-electron chi connectivity index (χ3n) is 5.07. The van der Waals surface area contributed by atoms with E-state index >= 15 is 0 Å². The number of nitrogens with one attached hydrogen (secondary N) is 3. The molecule has 1 aliphatic rings. The minimum atomic E-state index is -0.209. The Kier molecular flexibility index (Phi) is 8.50. The molecule has 1 aliphatic heterocycles. The second-order valence-corrected chi connectivity index (χ2v) is 7.46. The summed E-state index contributed by atoms with van der Waals surface area (Å²) in [5.74, 6) is 0.972. The summed E-state index contributed by atoms with van der Waals surface area (Å²) in [5, 5.41) is 9.67. The molecular weight excluding hydrogens is 380 g/mol. The number of ether oxygens (including phenoxy) is 2. The summed E-state index contributed by atoms with van der Waals surface area (Å²) in [6, 6.07) is 13.4. The van der Waals surface area contributed by atoms with Crippen LogP contribution < -0.4 is 25.4 Å². The first-order valence-electron chi connectivity index (χ1n) is 10.4. The topological polar surface area (TPSA) is 74.9 Å². The Labute approximate surface area is 178 Å². The molecule has 30 heavy (non-hydrogen) atoms. The van der Waals surface area contributed by atoms with Crippen molar-refractivity contribution in [2.45, 2.75) is 13.5 Å². The number of hydrogen-bond donors (Lipinski definition) is 3. The summed E-state index contributed by atoms with van der Waals surface area (Å²) in [6.45, 7) is 9.05. The molecule has 1 fully saturated rings. The van der Waals surface area contributed by atoms with E-state index in [0.717, 1.165) is 62.6 Å². The van der Waals surface area contributed by atoms with Crippen molar-refractivity contribution in [1.29, 1.82) is 0 Å². The summed E-state index contributed by atoms with van der Waals surface area (Å²) >= 11 is 0. The molecule has 2 aromatic rings. The predicted octanol–water partition coefficient (Wildman–Crippen LogP) is 2.02. The Hall–Kier alpha value is -2.61. The second-order valence-electron chi connectivity index (χ2n) is 7.46. The number of methoxy groups -OCH3 is 1. The SMILES string of the molecule is COc1cc(CNCCN2CCNCC2)ccc1OCC(=O)Nc1ccc(C)cc1. The highest BCUT2D eigenvalue weighted by Crippen LogP contribution is 2.28. The molecule has 0 unspecified atom stereocenters.